The number of hydrogen-bond donors (Lipinski definition) is 2. The molecule has 0 saturated heterocycles. The predicted octanol–water partition coefficient (Wildman–Crippen LogP) is 2.02. The smallest absolute Gasteiger partial charge is 0.123 e. The zero-order valence-corrected chi connectivity index (χ0v) is 10.6. The molecule has 2 N–H and O–H groups in total. The Morgan fingerprint density at radius 2 is 2.11 bits per heavy atom. The molecule has 1 aromatic rings. The van der Waals surface area contributed by atoms with E-state index in [4.69, 9.17) is 4.74 Å². The summed E-state index contributed by atoms with van der Waals surface area (Å²) >= 11 is 0. The van der Waals surface area contributed by atoms with Gasteiger partial charge in [-0.15, -0.1) is 0 Å². The molecule has 1 aromatic carbocycles. The lowest BCUT2D eigenvalue weighted by Gasteiger charge is -2.16. The first-order valence-corrected chi connectivity index (χ1v) is 6.38. The van der Waals surface area contributed by atoms with Crippen molar-refractivity contribution in [1.29, 1.82) is 0 Å². The van der Waals surface area contributed by atoms with E-state index in [-0.39, 0.29) is 5.82 Å². The molecule has 0 spiro atoms. The summed E-state index contributed by atoms with van der Waals surface area (Å²) in [6.07, 6.45) is 2.89. The van der Waals surface area contributed by atoms with E-state index < -0.39 is 6.10 Å². The lowest BCUT2D eigenvalue weighted by Crippen LogP contribution is -2.31. The molecular weight excluding hydrogens is 233 g/mol. The molecule has 100 valence electrons. The average Bonchev–Trinajstić information content (AvgIpc) is 2.85. The van der Waals surface area contributed by atoms with Gasteiger partial charge in [-0.25, -0.2) is 4.39 Å². The van der Waals surface area contributed by atoms with Crippen LogP contribution in [0.5, 0.6) is 0 Å². The minimum Gasteiger partial charge on any atom is -0.387 e. The van der Waals surface area contributed by atoms with Crippen LogP contribution in [0.15, 0.2) is 24.3 Å². The van der Waals surface area contributed by atoms with E-state index in [1.54, 1.807) is 19.2 Å². The van der Waals surface area contributed by atoms with Gasteiger partial charge in [-0.05, 0) is 37.0 Å². The Morgan fingerprint density at radius 3 is 2.72 bits per heavy atom. The van der Waals surface area contributed by atoms with Crippen LogP contribution in [0.1, 0.15) is 30.9 Å². The monoisotopic (exact) mass is 253 g/mol. The van der Waals surface area contributed by atoms with Gasteiger partial charge in [0.05, 0.1) is 12.2 Å². The van der Waals surface area contributed by atoms with E-state index in [1.807, 2.05) is 0 Å². The molecule has 4 heteroatoms. The van der Waals surface area contributed by atoms with Crippen LogP contribution in [0.3, 0.4) is 0 Å². The number of aliphatic hydroxyl groups is 1. The van der Waals surface area contributed by atoms with Crippen molar-refractivity contribution in [3.8, 4) is 0 Å². The maximum atomic E-state index is 12.8. The highest BCUT2D eigenvalue weighted by Gasteiger charge is 2.24. The van der Waals surface area contributed by atoms with E-state index in [1.165, 1.54) is 12.1 Å². The fourth-order valence-electron chi connectivity index (χ4n) is 2.42. The molecule has 3 nitrogen and oxygen atoms in total. The van der Waals surface area contributed by atoms with Gasteiger partial charge in [-0.1, -0.05) is 12.1 Å². The van der Waals surface area contributed by atoms with E-state index >= 15 is 0 Å². The summed E-state index contributed by atoms with van der Waals surface area (Å²) in [4.78, 5) is 0. The number of rotatable bonds is 5. The van der Waals surface area contributed by atoms with Gasteiger partial charge >= 0.3 is 0 Å². The van der Waals surface area contributed by atoms with Gasteiger partial charge in [0.25, 0.3) is 0 Å². The quantitative estimate of drug-likeness (QED) is 0.843. The standard InChI is InChI=1S/C14H20FNO2/c1-18-13-7-6-12(8-13)16-9-14(17)10-2-4-11(15)5-3-10/h2-5,12-14,16-17H,6-9H2,1H3. The van der Waals surface area contributed by atoms with Gasteiger partial charge in [0.2, 0.25) is 0 Å². The molecule has 3 atom stereocenters. The molecule has 1 saturated carbocycles. The third kappa shape index (κ3) is 3.51. The fraction of sp³-hybridized carbons (Fsp3) is 0.571. The van der Waals surface area contributed by atoms with Gasteiger partial charge in [-0.3, -0.25) is 0 Å². The highest BCUT2D eigenvalue weighted by Crippen LogP contribution is 2.22. The lowest BCUT2D eigenvalue weighted by atomic mass is 10.1. The average molecular weight is 253 g/mol. The first-order chi connectivity index (χ1) is 8.69. The molecule has 0 radical (unpaired) electrons. The number of aliphatic hydroxyl groups excluding tert-OH is 1. The maximum absolute atomic E-state index is 12.8. The number of ether oxygens (including phenoxy) is 1. The van der Waals surface area contributed by atoms with Crippen molar-refractivity contribution < 1.29 is 14.2 Å². The molecule has 0 heterocycles. The summed E-state index contributed by atoms with van der Waals surface area (Å²) in [5, 5.41) is 13.3. The summed E-state index contributed by atoms with van der Waals surface area (Å²) < 4.78 is 18.1. The fourth-order valence-corrected chi connectivity index (χ4v) is 2.42. The van der Waals surface area contributed by atoms with Crippen LogP contribution < -0.4 is 5.32 Å². The summed E-state index contributed by atoms with van der Waals surface area (Å²) in [7, 11) is 1.74. The molecule has 1 fully saturated rings. The van der Waals surface area contributed by atoms with Gasteiger partial charge in [0, 0.05) is 19.7 Å². The van der Waals surface area contributed by atoms with Crippen molar-refractivity contribution in [2.75, 3.05) is 13.7 Å². The molecule has 18 heavy (non-hydrogen) atoms. The Morgan fingerprint density at radius 1 is 1.39 bits per heavy atom. The van der Waals surface area contributed by atoms with Crippen molar-refractivity contribution >= 4 is 0 Å². The van der Waals surface area contributed by atoms with Crippen molar-refractivity contribution in [3.63, 3.8) is 0 Å². The third-order valence-electron chi connectivity index (χ3n) is 3.57. The molecular formula is C14H20FNO2. The Labute approximate surface area is 107 Å². The van der Waals surface area contributed by atoms with Crippen molar-refractivity contribution in [2.45, 2.75) is 37.5 Å². The minimum atomic E-state index is -0.591. The molecule has 0 amide bonds. The minimum absolute atomic E-state index is 0.280. The number of nitrogens with one attached hydrogen (secondary N) is 1. The van der Waals surface area contributed by atoms with Crippen LogP contribution in [0.2, 0.25) is 0 Å². The predicted molar refractivity (Wildman–Crippen MR) is 67.8 cm³/mol. The van der Waals surface area contributed by atoms with Crippen LogP contribution >= 0.6 is 0 Å². The number of benzene rings is 1. The molecule has 3 unspecified atom stereocenters. The van der Waals surface area contributed by atoms with Crippen LogP contribution in [-0.2, 0) is 4.74 Å². The number of methoxy groups -OCH3 is 1. The Hall–Kier alpha value is -0.970. The topological polar surface area (TPSA) is 41.5 Å². The van der Waals surface area contributed by atoms with E-state index in [9.17, 15) is 9.50 Å². The normalized spacial score (nSPS) is 25.3. The van der Waals surface area contributed by atoms with E-state index in [2.05, 4.69) is 5.32 Å². The van der Waals surface area contributed by atoms with E-state index in [0.717, 1.165) is 24.8 Å². The van der Waals surface area contributed by atoms with Crippen LogP contribution in [-0.4, -0.2) is 30.9 Å². The summed E-state index contributed by atoms with van der Waals surface area (Å²) in [5.74, 6) is -0.280. The zero-order chi connectivity index (χ0) is 13.0. The highest BCUT2D eigenvalue weighted by molar-refractivity contribution is 5.18. The van der Waals surface area contributed by atoms with E-state index in [0.29, 0.717) is 18.7 Å². The molecule has 2 rings (SSSR count). The summed E-state index contributed by atoms with van der Waals surface area (Å²) in [6.45, 7) is 0.493. The molecule has 0 aliphatic heterocycles. The second-order valence-corrected chi connectivity index (χ2v) is 4.84. The van der Waals surface area contributed by atoms with Gasteiger partial charge < -0.3 is 15.2 Å². The van der Waals surface area contributed by atoms with Crippen LogP contribution in [0.25, 0.3) is 0 Å². The Kier molecular flexibility index (Phi) is 4.69. The molecule has 0 bridgehead atoms. The molecule has 1 aliphatic rings. The second kappa shape index (κ2) is 6.27. The molecule has 1 aliphatic carbocycles. The highest BCUT2D eigenvalue weighted by atomic mass is 19.1. The Bertz CT molecular complexity index is 369. The third-order valence-corrected chi connectivity index (χ3v) is 3.57. The summed E-state index contributed by atoms with van der Waals surface area (Å²) in [6, 6.07) is 6.39. The van der Waals surface area contributed by atoms with Gasteiger partial charge in [0.15, 0.2) is 0 Å². The van der Waals surface area contributed by atoms with Gasteiger partial charge in [0.1, 0.15) is 5.82 Å². The second-order valence-electron chi connectivity index (χ2n) is 4.84. The lowest BCUT2D eigenvalue weighted by molar-refractivity contribution is 0.105. The van der Waals surface area contributed by atoms with Crippen molar-refractivity contribution in [3.05, 3.63) is 35.6 Å². The first kappa shape index (κ1) is 13.5. The number of halogens is 1. The first-order valence-electron chi connectivity index (χ1n) is 6.38. The largest absolute Gasteiger partial charge is 0.387 e. The summed E-state index contributed by atoms with van der Waals surface area (Å²) in [5.41, 5.74) is 0.741. The van der Waals surface area contributed by atoms with Crippen molar-refractivity contribution in [2.24, 2.45) is 0 Å². The SMILES string of the molecule is COC1CCC(NCC(O)c2ccc(F)cc2)C1. The van der Waals surface area contributed by atoms with Crippen molar-refractivity contribution in [1.82, 2.24) is 5.32 Å². The Balaban J connectivity index is 1.78. The zero-order valence-electron chi connectivity index (χ0n) is 10.6. The van der Waals surface area contributed by atoms with Crippen LogP contribution in [0, 0.1) is 5.82 Å². The molecule has 0 aromatic heterocycles. The van der Waals surface area contributed by atoms with Crippen LogP contribution in [0.4, 0.5) is 4.39 Å². The maximum Gasteiger partial charge on any atom is 0.123 e. The van der Waals surface area contributed by atoms with Gasteiger partial charge in [-0.2, -0.15) is 0 Å². The number of hydrogen-bond acceptors (Lipinski definition) is 3.